The highest BCUT2D eigenvalue weighted by molar-refractivity contribution is 9.10. The normalized spacial score (nSPS) is 11.6. The van der Waals surface area contributed by atoms with Gasteiger partial charge in [-0.3, -0.25) is 4.79 Å². The second-order valence-electron chi connectivity index (χ2n) is 4.56. The first-order valence-electron chi connectivity index (χ1n) is 6.48. The van der Waals surface area contributed by atoms with Gasteiger partial charge in [-0.2, -0.15) is 0 Å². The number of ether oxygens (including phenoxy) is 1. The Hall–Kier alpha value is -2.12. The summed E-state index contributed by atoms with van der Waals surface area (Å²) in [4.78, 5) is 27.9. The molecule has 0 fully saturated rings. The van der Waals surface area contributed by atoms with Crippen molar-refractivity contribution in [3.05, 3.63) is 51.6 Å². The Kier molecular flexibility index (Phi) is 5.57. The average Bonchev–Trinajstić information content (AvgIpc) is 2.51. The van der Waals surface area contributed by atoms with Gasteiger partial charge < -0.3 is 15.2 Å². The molecule has 0 saturated heterocycles. The summed E-state index contributed by atoms with van der Waals surface area (Å²) in [5.41, 5.74) is -0.0383. The summed E-state index contributed by atoms with van der Waals surface area (Å²) in [6.07, 6.45) is 0.311. The summed E-state index contributed by atoms with van der Waals surface area (Å²) in [5.74, 6) is -1.31. The molecular formula is C15H12BrClN2O4. The number of benzene rings is 1. The van der Waals surface area contributed by atoms with E-state index in [1.807, 2.05) is 0 Å². The fraction of sp³-hybridized carbons (Fsp3) is 0.133. The smallest absolute Gasteiger partial charge is 0.342 e. The van der Waals surface area contributed by atoms with Crippen LogP contribution in [0.5, 0.6) is 5.75 Å². The molecule has 1 atom stereocenters. The van der Waals surface area contributed by atoms with Crippen molar-refractivity contribution >= 4 is 45.2 Å². The number of phenols is 1. The molecule has 1 amide bonds. The van der Waals surface area contributed by atoms with Gasteiger partial charge in [0.05, 0.1) is 5.02 Å². The van der Waals surface area contributed by atoms with E-state index >= 15 is 0 Å². The van der Waals surface area contributed by atoms with E-state index in [1.165, 1.54) is 31.3 Å². The molecule has 120 valence electrons. The number of anilines is 1. The predicted molar refractivity (Wildman–Crippen MR) is 88.6 cm³/mol. The number of aromatic nitrogens is 1. The number of esters is 1. The summed E-state index contributed by atoms with van der Waals surface area (Å²) in [6.45, 7) is 1.41. The van der Waals surface area contributed by atoms with Crippen LogP contribution >= 0.6 is 27.5 Å². The largest absolute Gasteiger partial charge is 0.507 e. The predicted octanol–water partition coefficient (Wildman–Crippen LogP) is 3.39. The number of hydrogen-bond donors (Lipinski definition) is 2. The highest BCUT2D eigenvalue weighted by Gasteiger charge is 2.21. The number of nitrogens with one attached hydrogen (secondary N) is 1. The highest BCUT2D eigenvalue weighted by atomic mass is 79.9. The molecular weight excluding hydrogens is 388 g/mol. The number of phenolic OH excluding ortho intramolecular Hbond substituents is 1. The second-order valence-corrected chi connectivity index (χ2v) is 5.91. The maximum Gasteiger partial charge on any atom is 0.342 e. The van der Waals surface area contributed by atoms with Crippen molar-refractivity contribution in [1.82, 2.24) is 4.98 Å². The number of rotatable bonds is 4. The maximum atomic E-state index is 12.0. The minimum atomic E-state index is -1.07. The third-order valence-corrected chi connectivity index (χ3v) is 3.53. The molecule has 8 heteroatoms. The average molecular weight is 400 g/mol. The topological polar surface area (TPSA) is 88.5 Å². The van der Waals surface area contributed by atoms with Crippen LogP contribution < -0.4 is 5.32 Å². The third-order valence-electron chi connectivity index (χ3n) is 2.81. The molecule has 0 radical (unpaired) electrons. The van der Waals surface area contributed by atoms with Crippen molar-refractivity contribution in [3.63, 3.8) is 0 Å². The zero-order valence-corrected chi connectivity index (χ0v) is 14.3. The molecule has 2 aromatic rings. The van der Waals surface area contributed by atoms with Gasteiger partial charge in [0.1, 0.15) is 17.1 Å². The molecule has 6 nitrogen and oxygen atoms in total. The molecule has 0 aliphatic rings. The molecule has 23 heavy (non-hydrogen) atoms. The Labute approximate surface area is 145 Å². The van der Waals surface area contributed by atoms with E-state index < -0.39 is 18.0 Å². The minimum absolute atomic E-state index is 0.0383. The van der Waals surface area contributed by atoms with Crippen molar-refractivity contribution in [2.45, 2.75) is 13.0 Å². The van der Waals surface area contributed by atoms with E-state index in [0.29, 0.717) is 9.50 Å². The van der Waals surface area contributed by atoms with Crippen LogP contribution in [-0.2, 0) is 9.53 Å². The molecule has 0 unspecified atom stereocenters. The van der Waals surface area contributed by atoms with E-state index in [2.05, 4.69) is 26.2 Å². The molecule has 0 aliphatic carbocycles. The lowest BCUT2D eigenvalue weighted by Crippen LogP contribution is -2.30. The lowest BCUT2D eigenvalue weighted by molar-refractivity contribution is -0.123. The van der Waals surface area contributed by atoms with Crippen LogP contribution in [0.4, 0.5) is 5.82 Å². The standard InChI is InChI=1S/C15H12BrClN2O4/c1-8(14(21)19-13-5-3-10(17)7-18-13)23-15(22)11-6-9(16)2-4-12(11)20/h2-8,20H,1H3,(H,18,19,21)/t8-/m0/s1. The number of hydrogen-bond acceptors (Lipinski definition) is 5. The van der Waals surface area contributed by atoms with Crippen LogP contribution in [-0.4, -0.2) is 28.1 Å². The zero-order valence-electron chi connectivity index (χ0n) is 11.9. The fourth-order valence-corrected chi connectivity index (χ4v) is 2.10. The van der Waals surface area contributed by atoms with Gasteiger partial charge in [-0.25, -0.2) is 9.78 Å². The van der Waals surface area contributed by atoms with Crippen molar-refractivity contribution in [1.29, 1.82) is 0 Å². The summed E-state index contributed by atoms with van der Waals surface area (Å²) >= 11 is 8.90. The van der Waals surface area contributed by atoms with E-state index in [4.69, 9.17) is 16.3 Å². The summed E-state index contributed by atoms with van der Waals surface area (Å²) in [7, 11) is 0. The van der Waals surface area contributed by atoms with Crippen molar-refractivity contribution in [2.24, 2.45) is 0 Å². The van der Waals surface area contributed by atoms with Crippen molar-refractivity contribution < 1.29 is 19.4 Å². The number of carbonyl (C=O) groups is 2. The molecule has 0 bridgehead atoms. The molecule has 2 N–H and O–H groups in total. The van der Waals surface area contributed by atoms with Crippen LogP contribution in [0.1, 0.15) is 17.3 Å². The number of carbonyl (C=O) groups excluding carboxylic acids is 2. The Morgan fingerprint density at radius 1 is 1.35 bits per heavy atom. The van der Waals surface area contributed by atoms with Gasteiger partial charge in [0.25, 0.3) is 5.91 Å². The Morgan fingerprint density at radius 3 is 2.74 bits per heavy atom. The minimum Gasteiger partial charge on any atom is -0.507 e. The molecule has 0 spiro atoms. The maximum absolute atomic E-state index is 12.0. The van der Waals surface area contributed by atoms with E-state index in [1.54, 1.807) is 12.1 Å². The molecule has 2 rings (SSSR count). The highest BCUT2D eigenvalue weighted by Crippen LogP contribution is 2.23. The van der Waals surface area contributed by atoms with Crippen LogP contribution in [0, 0.1) is 0 Å². The number of aromatic hydroxyl groups is 1. The Bertz CT molecular complexity index is 737. The Balaban J connectivity index is 2.01. The number of pyridine rings is 1. The van der Waals surface area contributed by atoms with Gasteiger partial charge >= 0.3 is 5.97 Å². The molecule has 1 heterocycles. The Morgan fingerprint density at radius 2 is 2.09 bits per heavy atom. The van der Waals surface area contributed by atoms with Gasteiger partial charge in [0.2, 0.25) is 0 Å². The first kappa shape index (κ1) is 17.2. The fourth-order valence-electron chi connectivity index (χ4n) is 1.63. The van der Waals surface area contributed by atoms with E-state index in [9.17, 15) is 14.7 Å². The molecule has 0 saturated carbocycles. The monoisotopic (exact) mass is 398 g/mol. The van der Waals surface area contributed by atoms with Crippen LogP contribution in [0.3, 0.4) is 0 Å². The zero-order chi connectivity index (χ0) is 17.0. The first-order valence-corrected chi connectivity index (χ1v) is 7.66. The molecule has 1 aromatic heterocycles. The van der Waals surface area contributed by atoms with Crippen molar-refractivity contribution in [3.8, 4) is 5.75 Å². The van der Waals surface area contributed by atoms with Crippen LogP contribution in [0.15, 0.2) is 41.0 Å². The van der Waals surface area contributed by atoms with Crippen molar-refractivity contribution in [2.75, 3.05) is 5.32 Å². The summed E-state index contributed by atoms with van der Waals surface area (Å²) in [6, 6.07) is 7.43. The molecule has 0 aliphatic heterocycles. The van der Waals surface area contributed by atoms with E-state index in [-0.39, 0.29) is 17.1 Å². The van der Waals surface area contributed by atoms with E-state index in [0.717, 1.165) is 0 Å². The quantitative estimate of drug-likeness (QED) is 0.769. The first-order chi connectivity index (χ1) is 10.9. The van der Waals surface area contributed by atoms with Gasteiger partial charge in [-0.15, -0.1) is 0 Å². The van der Waals surface area contributed by atoms with Gasteiger partial charge in [-0.1, -0.05) is 27.5 Å². The number of amides is 1. The SMILES string of the molecule is C[C@H](OC(=O)c1cc(Br)ccc1O)C(=O)Nc1ccc(Cl)cn1. The summed E-state index contributed by atoms with van der Waals surface area (Å²) in [5, 5.41) is 12.6. The molecule has 1 aromatic carbocycles. The van der Waals surface area contributed by atoms with Crippen LogP contribution in [0.2, 0.25) is 5.02 Å². The van der Waals surface area contributed by atoms with Gasteiger partial charge in [0, 0.05) is 10.7 Å². The van der Waals surface area contributed by atoms with Gasteiger partial charge in [0.15, 0.2) is 6.10 Å². The third kappa shape index (κ3) is 4.67. The van der Waals surface area contributed by atoms with Crippen LogP contribution in [0.25, 0.3) is 0 Å². The lowest BCUT2D eigenvalue weighted by Gasteiger charge is -2.13. The number of nitrogens with zero attached hydrogens (tertiary/aromatic N) is 1. The lowest BCUT2D eigenvalue weighted by atomic mass is 10.2. The summed E-state index contributed by atoms with van der Waals surface area (Å²) < 4.78 is 5.65. The number of halogens is 2. The van der Waals surface area contributed by atoms with Gasteiger partial charge in [-0.05, 0) is 37.3 Å². The second kappa shape index (κ2) is 7.43.